The van der Waals surface area contributed by atoms with E-state index in [-0.39, 0.29) is 57.5 Å². The van der Waals surface area contributed by atoms with Crippen molar-refractivity contribution in [1.29, 1.82) is 0 Å². The van der Waals surface area contributed by atoms with E-state index >= 15 is 0 Å². The van der Waals surface area contributed by atoms with Gasteiger partial charge in [0.15, 0.2) is 5.82 Å². The summed E-state index contributed by atoms with van der Waals surface area (Å²) in [7, 11) is -2.17. The number of amides is 1. The van der Waals surface area contributed by atoms with Crippen LogP contribution in [0.5, 0.6) is 0 Å². The minimum absolute atomic E-state index is 0.0192. The highest BCUT2D eigenvalue weighted by molar-refractivity contribution is 8.15. The third-order valence-corrected chi connectivity index (χ3v) is 24.2. The third-order valence-electron chi connectivity index (χ3n) is 18.2. The van der Waals surface area contributed by atoms with Crippen LogP contribution in [0.4, 0.5) is 34.1 Å². The lowest BCUT2D eigenvalue weighted by Gasteiger charge is -2.09. The van der Waals surface area contributed by atoms with Gasteiger partial charge in [0.25, 0.3) is 38.9 Å². The van der Waals surface area contributed by atoms with E-state index in [2.05, 4.69) is 88.0 Å². The van der Waals surface area contributed by atoms with Gasteiger partial charge in [-0.05, 0) is 157 Å². The maximum atomic E-state index is 11.7. The number of anilines is 2. The molecule has 3 aliphatic heterocycles. The molecule has 125 heavy (non-hydrogen) atoms. The molecule has 0 radical (unpaired) electrons. The van der Waals surface area contributed by atoms with E-state index in [1.807, 2.05) is 55.6 Å². The number of aromatic amines is 1. The first-order chi connectivity index (χ1) is 59.5. The predicted molar refractivity (Wildman–Crippen MR) is 491 cm³/mol. The summed E-state index contributed by atoms with van der Waals surface area (Å²) >= 11 is 5.15. The van der Waals surface area contributed by atoms with Gasteiger partial charge in [-0.3, -0.25) is 79.0 Å². The van der Waals surface area contributed by atoms with Crippen LogP contribution in [0.2, 0.25) is 0 Å². The fourth-order valence-electron chi connectivity index (χ4n) is 12.3. The van der Waals surface area contributed by atoms with Crippen LogP contribution < -0.4 is 19.5 Å². The second kappa shape index (κ2) is 41.4. The first-order valence-electron chi connectivity index (χ1n) is 37.4. The molecule has 35 nitrogen and oxygen atoms in total. The molecule has 9 aromatic carbocycles. The SMILES string of the molecule is CC(=O)CSC1=NN=C(c2cc(-c3ccc(NS(C)(=O)=O)cc3)cc([N+](=O)[O-])c2)C1.CC(=O)CSc1n[nH]c(-c2cc(-c3ccc4c(c3)cc(-c3ccccc3)n4C)cc([N+](=O)[O-])c2)n1.CNC(=O)c1ccc(-c2cc(C3=NN=C(SCC(C)=O)C3)cc([N+](=O)[O-])c2)cc1.CNS(=O)(=O)Nc1ccc(-c2cc(C3=NN=C(SCC(C)=O)C3)cc([N+](=O)[O-])c2)cc1. The van der Waals surface area contributed by atoms with E-state index in [1.165, 1.54) is 124 Å². The van der Waals surface area contributed by atoms with Gasteiger partial charge >= 0.3 is 0 Å². The second-order valence-electron chi connectivity index (χ2n) is 27.9. The van der Waals surface area contributed by atoms with Crippen molar-refractivity contribution in [2.24, 2.45) is 37.7 Å². The van der Waals surface area contributed by atoms with Crippen LogP contribution in [0.1, 0.15) is 74.0 Å². The van der Waals surface area contributed by atoms with Crippen molar-refractivity contribution in [2.45, 2.75) is 52.1 Å². The molecule has 0 aliphatic carbocycles. The van der Waals surface area contributed by atoms with E-state index < -0.39 is 39.9 Å². The summed E-state index contributed by atoms with van der Waals surface area (Å²) in [4.78, 5) is 105. The Morgan fingerprint density at radius 2 is 0.792 bits per heavy atom. The van der Waals surface area contributed by atoms with Crippen LogP contribution in [0.25, 0.3) is 78.1 Å². The van der Waals surface area contributed by atoms with Crippen molar-refractivity contribution >= 4 is 174 Å². The fraction of sp³-hybridized carbons (Fsp3) is 0.179. The van der Waals surface area contributed by atoms with Gasteiger partial charge in [-0.25, -0.2) is 18.1 Å². The van der Waals surface area contributed by atoms with Crippen molar-refractivity contribution in [3.8, 4) is 67.2 Å². The summed E-state index contributed by atoms with van der Waals surface area (Å²) in [6.45, 7) is 5.99. The molecule has 640 valence electrons. The maximum absolute atomic E-state index is 11.7. The highest BCUT2D eigenvalue weighted by Gasteiger charge is 2.26. The van der Waals surface area contributed by atoms with Gasteiger partial charge in [0.1, 0.15) is 38.3 Å². The Bertz CT molecular complexity index is 6540. The summed E-state index contributed by atoms with van der Waals surface area (Å²) < 4.78 is 54.9. The molecule has 3 aliphatic rings. The summed E-state index contributed by atoms with van der Waals surface area (Å²) in [5, 5.41) is 83.6. The third kappa shape index (κ3) is 25.7. The number of ketones is 4. The van der Waals surface area contributed by atoms with E-state index in [0.29, 0.717) is 152 Å². The molecule has 5 N–H and O–H groups in total. The molecule has 0 unspecified atom stereocenters. The van der Waals surface area contributed by atoms with Crippen LogP contribution in [0.3, 0.4) is 0 Å². The number of non-ortho nitro benzene ring substituents is 4. The molecule has 0 spiro atoms. The molecule has 41 heteroatoms. The Labute approximate surface area is 731 Å². The molecule has 0 fully saturated rings. The number of Topliss-reactive ketones (excluding diaryl/α,β-unsaturated/α-hetero) is 4. The van der Waals surface area contributed by atoms with E-state index in [0.717, 1.165) is 39.5 Å². The van der Waals surface area contributed by atoms with Crippen LogP contribution in [-0.2, 0) is 46.5 Å². The maximum Gasteiger partial charge on any atom is 0.298 e. The number of benzene rings is 9. The number of thioether (sulfide) groups is 4. The van der Waals surface area contributed by atoms with Gasteiger partial charge in [0, 0.05) is 145 Å². The summed E-state index contributed by atoms with van der Waals surface area (Å²) in [5.74, 6) is 1.51. The van der Waals surface area contributed by atoms with Gasteiger partial charge in [0.2, 0.25) is 15.2 Å². The standard InChI is InChI=1S/C26H21N5O3S.C20H18N4O4S.C19H19N5O5S2.C19H18N4O5S2/c1-16(32)15-35-26-27-25(28-29-26)21-11-19(12-22(13-21)31(33)34)18-8-9-23-20(10-18)14-24(30(23)2)17-6-4-3-5-7-17;1-12(25)11-29-19-10-18(22-23-19)16-7-15(8-17(9-16)24(27)28)13-3-5-14(6-4-13)20(26)21-2;1-12(25)11-30-19-10-18(21-22-19)15-7-14(8-17(9-15)24(26)27)13-3-5-16(6-4-13)23-31(28,29)20-2;1-12(24)11-29-19-10-18(20-21-19)15-7-14(8-17(9-15)23(25)26)13-3-5-16(6-4-13)22-30(2,27)28/h3-14H,15H2,1-2H3,(H,27,28,29);3-9H,10-11H2,1-2H3,(H,21,26);3-9,20,23H,10-11H2,1-2H3;3-9,22H,10-11H2,1-2H3. The molecular weight excluding hydrogens is 1730 g/mol. The highest BCUT2D eigenvalue weighted by atomic mass is 32.2. The van der Waals surface area contributed by atoms with Crippen LogP contribution in [0.15, 0.2) is 236 Å². The average Bonchev–Trinajstić information content (AvgIpc) is 1.58. The zero-order chi connectivity index (χ0) is 90.0. The van der Waals surface area contributed by atoms with Crippen molar-refractivity contribution in [3.05, 3.63) is 263 Å². The number of rotatable bonds is 28. The largest absolute Gasteiger partial charge is 0.355 e. The molecule has 0 atom stereocenters. The number of nitro benzene ring substituents is 4. The molecule has 0 bridgehead atoms. The molecule has 0 saturated heterocycles. The smallest absolute Gasteiger partial charge is 0.298 e. The summed E-state index contributed by atoms with van der Waals surface area (Å²) in [6, 6.07) is 57.1. The fourth-order valence-corrected chi connectivity index (χ4v) is 16.1. The van der Waals surface area contributed by atoms with Crippen molar-refractivity contribution in [1.82, 2.24) is 29.8 Å². The van der Waals surface area contributed by atoms with Gasteiger partial charge in [0.05, 0.1) is 66.1 Å². The number of hydrogen-bond acceptors (Lipinski definition) is 29. The Morgan fingerprint density at radius 1 is 0.424 bits per heavy atom. The summed E-state index contributed by atoms with van der Waals surface area (Å²) in [5.41, 5.74) is 13.8. The number of aromatic nitrogens is 4. The van der Waals surface area contributed by atoms with Crippen LogP contribution in [0, 0.1) is 40.5 Å². The first kappa shape index (κ1) is 92.0. The van der Waals surface area contributed by atoms with E-state index in [4.69, 9.17) is 0 Å². The van der Waals surface area contributed by atoms with Crippen LogP contribution >= 0.6 is 47.0 Å². The molecule has 1 amide bonds. The zero-order valence-electron chi connectivity index (χ0n) is 67.7. The number of carbonyl (C=O) groups excluding carboxylic acids is 5. The number of H-pyrrole nitrogens is 1. The number of fused-ring (bicyclic) bond motifs is 1. The van der Waals surface area contributed by atoms with Crippen molar-refractivity contribution in [3.63, 3.8) is 0 Å². The highest BCUT2D eigenvalue weighted by Crippen LogP contribution is 2.38. The number of aryl methyl sites for hydroxylation is 1. The van der Waals surface area contributed by atoms with Gasteiger partial charge in [-0.15, -0.1) is 55.7 Å². The zero-order valence-corrected chi connectivity index (χ0v) is 72.6. The van der Waals surface area contributed by atoms with Gasteiger partial charge < -0.3 is 9.88 Å². The summed E-state index contributed by atoms with van der Waals surface area (Å²) in [6.07, 6.45) is 2.27. The van der Waals surface area contributed by atoms with E-state index in [9.17, 15) is 81.3 Å². The second-order valence-corrected chi connectivity index (χ2v) is 35.4. The number of hydrogen-bond donors (Lipinski definition) is 5. The molecular formula is C84H76N18O17S6. The molecule has 0 saturated carbocycles. The number of sulfonamides is 1. The quantitative estimate of drug-likeness (QED) is 0.0173. The number of nitro groups is 4. The molecule has 14 rings (SSSR count). The predicted octanol–water partition coefficient (Wildman–Crippen LogP) is 15.8. The van der Waals surface area contributed by atoms with Crippen molar-refractivity contribution < 1.29 is 60.5 Å². The van der Waals surface area contributed by atoms with Gasteiger partial charge in [-0.2, -0.15) is 23.7 Å². The molecule has 2 aromatic heterocycles. The Balaban J connectivity index is 0.000000162. The minimum Gasteiger partial charge on any atom is -0.355 e. The lowest BCUT2D eigenvalue weighted by atomic mass is 9.98. The number of nitrogens with zero attached hydrogens (tertiary/aromatic N) is 13. The average molecular weight is 1800 g/mol. The monoisotopic (exact) mass is 1800 g/mol. The van der Waals surface area contributed by atoms with Crippen molar-refractivity contribution in [2.75, 3.05) is 52.8 Å². The minimum atomic E-state index is -3.64. The molecule has 5 heterocycles. The Hall–Kier alpha value is -13.7. The number of carbonyl (C=O) groups is 5. The number of nitrogens with one attached hydrogen (secondary N) is 5. The Morgan fingerprint density at radius 3 is 1.18 bits per heavy atom. The molecule has 11 aromatic rings. The normalized spacial score (nSPS) is 12.7. The topological polar surface area (TPSA) is 495 Å². The van der Waals surface area contributed by atoms with E-state index in [1.54, 1.807) is 98.0 Å². The lowest BCUT2D eigenvalue weighted by molar-refractivity contribution is -0.385. The van der Waals surface area contributed by atoms with Gasteiger partial charge in [-0.1, -0.05) is 84.6 Å². The Kier molecular flexibility index (Phi) is 30.5. The first-order valence-corrected chi connectivity index (χ1v) is 44.7. The van der Waals surface area contributed by atoms with Crippen LogP contribution in [-0.4, -0.2) is 161 Å². The lowest BCUT2D eigenvalue weighted by Crippen LogP contribution is -2.26.